The van der Waals surface area contributed by atoms with Gasteiger partial charge in [-0.1, -0.05) is 0 Å². The van der Waals surface area contributed by atoms with Crippen LogP contribution in [0, 0.1) is 0 Å². The molecule has 0 heterocycles. The molecule has 6 nitrogen and oxygen atoms in total. The lowest BCUT2D eigenvalue weighted by Gasteiger charge is -2.19. The fourth-order valence-electron chi connectivity index (χ4n) is 0.906. The predicted octanol–water partition coefficient (Wildman–Crippen LogP) is -1.84. The van der Waals surface area contributed by atoms with Crippen LogP contribution in [0.4, 0.5) is 0 Å². The summed E-state index contributed by atoms with van der Waals surface area (Å²) in [6.45, 7) is 0.156. The molecule has 0 spiro atoms. The fraction of sp³-hybridized carbons (Fsp3) is 0.750. The average molecular weight is 203 g/mol. The van der Waals surface area contributed by atoms with Crippen LogP contribution in [0.2, 0.25) is 0 Å². The summed E-state index contributed by atoms with van der Waals surface area (Å²) in [4.78, 5) is 23.6. The van der Waals surface area contributed by atoms with Crippen LogP contribution in [0.5, 0.6) is 0 Å². The van der Waals surface area contributed by atoms with E-state index in [-0.39, 0.29) is 25.0 Å². The van der Waals surface area contributed by atoms with Crippen LogP contribution >= 0.6 is 0 Å². The second-order valence-corrected chi connectivity index (χ2v) is 2.93. The van der Waals surface area contributed by atoms with E-state index in [0.717, 1.165) is 0 Å². The van der Waals surface area contributed by atoms with Gasteiger partial charge in [-0.15, -0.1) is 0 Å². The monoisotopic (exact) mass is 203 g/mol. The van der Waals surface area contributed by atoms with Crippen molar-refractivity contribution in [1.82, 2.24) is 10.2 Å². The smallest absolute Gasteiger partial charge is 0.242 e. The zero-order chi connectivity index (χ0) is 11.1. The van der Waals surface area contributed by atoms with E-state index in [1.165, 1.54) is 26.1 Å². The average Bonchev–Trinajstić information content (AvgIpc) is 2.16. The van der Waals surface area contributed by atoms with Crippen LogP contribution in [-0.2, 0) is 14.3 Å². The number of likely N-dealkylation sites (N-methyl/N-ethyl adjacent to an activating group) is 2. The summed E-state index contributed by atoms with van der Waals surface area (Å²) in [6.07, 6.45) is 0. The number of carbonyl (C=O) groups is 2. The zero-order valence-electron chi connectivity index (χ0n) is 8.74. The summed E-state index contributed by atoms with van der Waals surface area (Å²) < 4.78 is 4.73. The number of carbonyl (C=O) groups excluding carboxylic acids is 2. The van der Waals surface area contributed by atoms with E-state index in [1.54, 1.807) is 0 Å². The van der Waals surface area contributed by atoms with Crippen molar-refractivity contribution in [2.24, 2.45) is 5.73 Å². The molecule has 82 valence electrons. The second kappa shape index (κ2) is 6.33. The van der Waals surface area contributed by atoms with Gasteiger partial charge in [0.1, 0.15) is 6.04 Å². The molecule has 14 heavy (non-hydrogen) atoms. The Bertz CT molecular complexity index is 208. The highest BCUT2D eigenvalue weighted by atomic mass is 16.5. The molecule has 3 N–H and O–H groups in total. The number of methoxy groups -OCH3 is 1. The van der Waals surface area contributed by atoms with Gasteiger partial charge in [-0.25, -0.2) is 0 Å². The third kappa shape index (κ3) is 4.20. The molecule has 2 amide bonds. The minimum atomic E-state index is -0.713. The highest BCUT2D eigenvalue weighted by Crippen LogP contribution is 1.90. The molecule has 0 radical (unpaired) electrons. The minimum absolute atomic E-state index is 0.00669. The van der Waals surface area contributed by atoms with Gasteiger partial charge in [0.05, 0.1) is 13.2 Å². The predicted molar refractivity (Wildman–Crippen MR) is 51.6 cm³/mol. The quantitative estimate of drug-likeness (QED) is 0.550. The minimum Gasteiger partial charge on any atom is -0.383 e. The largest absolute Gasteiger partial charge is 0.383 e. The van der Waals surface area contributed by atoms with Gasteiger partial charge in [-0.3, -0.25) is 9.59 Å². The molecule has 1 unspecified atom stereocenters. The summed E-state index contributed by atoms with van der Waals surface area (Å²) >= 11 is 0. The van der Waals surface area contributed by atoms with Gasteiger partial charge in [-0.05, 0) is 0 Å². The number of hydrogen-bond acceptors (Lipinski definition) is 4. The van der Waals surface area contributed by atoms with E-state index < -0.39 is 6.04 Å². The van der Waals surface area contributed by atoms with Crippen LogP contribution in [-0.4, -0.2) is 57.1 Å². The van der Waals surface area contributed by atoms with E-state index in [9.17, 15) is 9.59 Å². The molecular formula is C8H17N3O3. The fourth-order valence-corrected chi connectivity index (χ4v) is 0.906. The number of nitrogens with two attached hydrogens (primary N) is 1. The van der Waals surface area contributed by atoms with Gasteiger partial charge in [0.2, 0.25) is 11.8 Å². The Labute approximate surface area is 83.4 Å². The van der Waals surface area contributed by atoms with Gasteiger partial charge >= 0.3 is 0 Å². The first-order chi connectivity index (χ1) is 6.52. The van der Waals surface area contributed by atoms with Crippen molar-refractivity contribution in [3.63, 3.8) is 0 Å². The molecule has 0 aliphatic carbocycles. The maximum absolute atomic E-state index is 11.4. The van der Waals surface area contributed by atoms with Crippen molar-refractivity contribution in [2.75, 3.05) is 34.4 Å². The lowest BCUT2D eigenvalue weighted by atomic mass is 10.3. The van der Waals surface area contributed by atoms with Crippen molar-refractivity contribution >= 4 is 11.8 Å². The van der Waals surface area contributed by atoms with Crippen molar-refractivity contribution in [2.45, 2.75) is 6.04 Å². The first-order valence-electron chi connectivity index (χ1n) is 4.23. The first kappa shape index (κ1) is 12.9. The number of nitrogens with zero attached hydrogens (tertiary/aromatic N) is 1. The summed E-state index contributed by atoms with van der Waals surface area (Å²) in [6, 6.07) is -0.713. The van der Waals surface area contributed by atoms with Crippen molar-refractivity contribution in [3.8, 4) is 0 Å². The molecule has 1 atom stereocenters. The molecule has 0 aromatic heterocycles. The molecule has 6 heteroatoms. The van der Waals surface area contributed by atoms with E-state index in [2.05, 4.69) is 5.32 Å². The summed E-state index contributed by atoms with van der Waals surface area (Å²) in [5.41, 5.74) is 5.50. The Morgan fingerprint density at radius 1 is 1.57 bits per heavy atom. The Hall–Kier alpha value is -1.14. The van der Waals surface area contributed by atoms with Crippen LogP contribution in [0.25, 0.3) is 0 Å². The molecule has 0 aromatic carbocycles. The van der Waals surface area contributed by atoms with E-state index in [1.807, 2.05) is 0 Å². The molecule has 0 saturated heterocycles. The molecule has 0 aliphatic heterocycles. The van der Waals surface area contributed by atoms with Crippen molar-refractivity contribution < 1.29 is 14.3 Å². The molecule has 0 saturated carbocycles. The molecule has 0 fully saturated rings. The highest BCUT2D eigenvalue weighted by Gasteiger charge is 2.19. The number of hydrogen-bond donors (Lipinski definition) is 2. The molecule has 0 bridgehead atoms. The lowest BCUT2D eigenvalue weighted by Crippen LogP contribution is -2.47. The highest BCUT2D eigenvalue weighted by molar-refractivity contribution is 5.87. The topological polar surface area (TPSA) is 84.7 Å². The van der Waals surface area contributed by atoms with Crippen LogP contribution in [0.1, 0.15) is 0 Å². The SMILES string of the molecule is CNC(=O)CN(C)C(=O)C(N)COC. The number of ether oxygens (including phenoxy) is 1. The van der Waals surface area contributed by atoms with Crippen LogP contribution < -0.4 is 11.1 Å². The van der Waals surface area contributed by atoms with Gasteiger partial charge in [0, 0.05) is 21.2 Å². The van der Waals surface area contributed by atoms with Crippen molar-refractivity contribution in [3.05, 3.63) is 0 Å². The Morgan fingerprint density at radius 3 is 2.57 bits per heavy atom. The van der Waals surface area contributed by atoms with Crippen LogP contribution in [0.15, 0.2) is 0 Å². The maximum atomic E-state index is 11.4. The summed E-state index contributed by atoms with van der Waals surface area (Å²) in [5.74, 6) is -0.541. The van der Waals surface area contributed by atoms with Gasteiger partial charge in [0.15, 0.2) is 0 Å². The van der Waals surface area contributed by atoms with Crippen LogP contribution in [0.3, 0.4) is 0 Å². The van der Waals surface area contributed by atoms with E-state index in [0.29, 0.717) is 0 Å². The molecule has 0 rings (SSSR count). The Kier molecular flexibility index (Phi) is 5.82. The molecule has 0 aromatic rings. The zero-order valence-corrected chi connectivity index (χ0v) is 8.74. The number of amides is 2. The summed E-state index contributed by atoms with van der Waals surface area (Å²) in [5, 5.41) is 2.42. The van der Waals surface area contributed by atoms with Gasteiger partial charge in [0.25, 0.3) is 0 Å². The van der Waals surface area contributed by atoms with Crippen molar-refractivity contribution in [1.29, 1.82) is 0 Å². The first-order valence-corrected chi connectivity index (χ1v) is 4.23. The number of nitrogens with one attached hydrogen (secondary N) is 1. The Morgan fingerprint density at radius 2 is 2.14 bits per heavy atom. The van der Waals surface area contributed by atoms with E-state index >= 15 is 0 Å². The van der Waals surface area contributed by atoms with Gasteiger partial charge in [-0.2, -0.15) is 0 Å². The van der Waals surface area contributed by atoms with E-state index in [4.69, 9.17) is 10.5 Å². The molecular weight excluding hydrogens is 186 g/mol. The molecule has 0 aliphatic rings. The third-order valence-electron chi connectivity index (χ3n) is 1.70. The third-order valence-corrected chi connectivity index (χ3v) is 1.70. The standard InChI is InChI=1S/C8H17N3O3/c1-10-7(12)4-11(2)8(13)6(9)5-14-3/h6H,4-5,9H2,1-3H3,(H,10,12). The lowest BCUT2D eigenvalue weighted by molar-refractivity contribution is -0.136. The summed E-state index contributed by atoms with van der Waals surface area (Å²) in [7, 11) is 4.49. The Balaban J connectivity index is 4.04. The maximum Gasteiger partial charge on any atom is 0.242 e. The van der Waals surface area contributed by atoms with Gasteiger partial charge < -0.3 is 20.7 Å². The second-order valence-electron chi connectivity index (χ2n) is 2.93. The normalized spacial score (nSPS) is 12.0. The number of rotatable bonds is 5.